The Labute approximate surface area is 125 Å². The molecule has 0 fully saturated rings. The van der Waals surface area contributed by atoms with Gasteiger partial charge in [0.1, 0.15) is 0 Å². The van der Waals surface area contributed by atoms with E-state index in [0.29, 0.717) is 12.0 Å². The van der Waals surface area contributed by atoms with Crippen LogP contribution in [0.2, 0.25) is 0 Å². The van der Waals surface area contributed by atoms with Crippen LogP contribution in [0.5, 0.6) is 11.5 Å². The molecule has 0 spiro atoms. The zero-order chi connectivity index (χ0) is 15.7. The van der Waals surface area contributed by atoms with E-state index in [0.717, 1.165) is 19.3 Å². The zero-order valence-corrected chi connectivity index (χ0v) is 12.7. The third-order valence-electron chi connectivity index (χ3n) is 3.70. The summed E-state index contributed by atoms with van der Waals surface area (Å²) in [4.78, 5) is 10.3. The van der Waals surface area contributed by atoms with Gasteiger partial charge in [-0.25, -0.2) is 0 Å². The van der Waals surface area contributed by atoms with Gasteiger partial charge in [-0.15, -0.1) is 0 Å². The lowest BCUT2D eigenvalue weighted by atomic mass is 10.0. The Balaban J connectivity index is 2.39. The molecule has 21 heavy (non-hydrogen) atoms. The van der Waals surface area contributed by atoms with Crippen LogP contribution in [0.25, 0.3) is 0 Å². The molecule has 1 rings (SSSR count). The number of nitrogens with zero attached hydrogens (tertiary/aromatic N) is 1. The summed E-state index contributed by atoms with van der Waals surface area (Å²) >= 11 is 0. The highest BCUT2D eigenvalue weighted by Gasteiger charge is 2.22. The van der Waals surface area contributed by atoms with Crippen LogP contribution in [0.3, 0.4) is 0 Å². The highest BCUT2D eigenvalue weighted by atomic mass is 16.6. The second kappa shape index (κ2) is 9.21. The summed E-state index contributed by atoms with van der Waals surface area (Å²) in [6, 6.07) is 2.83. The molecule has 1 aromatic carbocycles. The van der Waals surface area contributed by atoms with Gasteiger partial charge in [-0.3, -0.25) is 10.1 Å². The number of benzene rings is 1. The molecule has 5 nitrogen and oxygen atoms in total. The van der Waals surface area contributed by atoms with E-state index >= 15 is 0 Å². The highest BCUT2D eigenvalue weighted by Crippen LogP contribution is 2.38. The first-order valence-electron chi connectivity index (χ1n) is 7.76. The number of unbranched alkanes of at least 4 members (excludes halogenated alkanes) is 7. The van der Waals surface area contributed by atoms with Gasteiger partial charge in [-0.2, -0.15) is 0 Å². The summed E-state index contributed by atoms with van der Waals surface area (Å²) in [5.74, 6) is -1.07. The number of hydrogen-bond acceptors (Lipinski definition) is 4. The van der Waals surface area contributed by atoms with Crippen molar-refractivity contribution < 1.29 is 15.1 Å². The minimum absolute atomic E-state index is 0.363. The van der Waals surface area contributed by atoms with Crippen molar-refractivity contribution in [2.45, 2.75) is 64.7 Å². The molecule has 0 unspecified atom stereocenters. The normalized spacial score (nSPS) is 10.7. The lowest BCUT2D eigenvalue weighted by molar-refractivity contribution is -0.386. The molecule has 0 heterocycles. The van der Waals surface area contributed by atoms with Gasteiger partial charge < -0.3 is 10.2 Å². The summed E-state index contributed by atoms with van der Waals surface area (Å²) in [6.07, 6.45) is 9.88. The summed E-state index contributed by atoms with van der Waals surface area (Å²) in [5, 5.41) is 29.9. The van der Waals surface area contributed by atoms with E-state index in [1.165, 1.54) is 44.2 Å². The van der Waals surface area contributed by atoms with Gasteiger partial charge >= 0.3 is 5.69 Å². The minimum Gasteiger partial charge on any atom is -0.504 e. The maximum atomic E-state index is 11.0. The fourth-order valence-electron chi connectivity index (χ4n) is 2.47. The molecular weight excluding hydrogens is 270 g/mol. The topological polar surface area (TPSA) is 83.6 Å². The molecule has 118 valence electrons. The van der Waals surface area contributed by atoms with Gasteiger partial charge in [-0.05, 0) is 25.0 Å². The predicted octanol–water partition coefficient (Wildman–Crippen LogP) is 4.69. The number of aryl methyl sites for hydroxylation is 1. The summed E-state index contributed by atoms with van der Waals surface area (Å²) in [5.41, 5.74) is 0.124. The monoisotopic (exact) mass is 295 g/mol. The molecule has 0 aliphatic heterocycles. The van der Waals surface area contributed by atoms with E-state index in [1.54, 1.807) is 0 Å². The van der Waals surface area contributed by atoms with Crippen molar-refractivity contribution in [2.24, 2.45) is 0 Å². The van der Waals surface area contributed by atoms with Crippen molar-refractivity contribution in [1.29, 1.82) is 0 Å². The van der Waals surface area contributed by atoms with Crippen LogP contribution in [-0.4, -0.2) is 15.1 Å². The summed E-state index contributed by atoms with van der Waals surface area (Å²) in [6.45, 7) is 2.19. The molecule has 2 N–H and O–H groups in total. The maximum absolute atomic E-state index is 11.0. The number of phenolic OH excluding ortho intramolecular Hbond substituents is 2. The number of phenols is 2. The second-order valence-electron chi connectivity index (χ2n) is 5.42. The minimum atomic E-state index is -0.630. The Morgan fingerprint density at radius 1 is 1.00 bits per heavy atom. The molecule has 0 radical (unpaired) electrons. The Bertz CT molecular complexity index is 460. The Kier molecular flexibility index (Phi) is 7.58. The van der Waals surface area contributed by atoms with E-state index < -0.39 is 16.4 Å². The van der Waals surface area contributed by atoms with E-state index in [4.69, 9.17) is 0 Å². The van der Waals surface area contributed by atoms with Gasteiger partial charge in [0.15, 0.2) is 5.75 Å². The van der Waals surface area contributed by atoms with Crippen LogP contribution in [0, 0.1) is 10.1 Å². The molecule has 1 aromatic rings. The van der Waals surface area contributed by atoms with Crippen LogP contribution >= 0.6 is 0 Å². The van der Waals surface area contributed by atoms with Gasteiger partial charge in [0.2, 0.25) is 5.75 Å². The number of hydrogen-bond donors (Lipinski definition) is 2. The van der Waals surface area contributed by atoms with Crippen molar-refractivity contribution in [3.63, 3.8) is 0 Å². The molecule has 0 saturated carbocycles. The fraction of sp³-hybridized carbons (Fsp3) is 0.625. The molecular formula is C16H25NO4. The van der Waals surface area contributed by atoms with Crippen molar-refractivity contribution in [3.05, 3.63) is 27.8 Å². The number of rotatable bonds is 10. The smallest absolute Gasteiger partial charge is 0.317 e. The highest BCUT2D eigenvalue weighted by molar-refractivity contribution is 5.59. The van der Waals surface area contributed by atoms with Gasteiger partial charge in [0.05, 0.1) is 4.92 Å². The molecule has 5 heteroatoms. The molecule has 0 bridgehead atoms. The second-order valence-corrected chi connectivity index (χ2v) is 5.42. The van der Waals surface area contributed by atoms with Gasteiger partial charge in [-0.1, -0.05) is 51.9 Å². The maximum Gasteiger partial charge on any atom is 0.317 e. The molecule has 0 amide bonds. The van der Waals surface area contributed by atoms with Crippen molar-refractivity contribution in [1.82, 2.24) is 0 Å². The van der Waals surface area contributed by atoms with E-state index in [-0.39, 0.29) is 5.69 Å². The Hall–Kier alpha value is -1.78. The number of aromatic hydroxyl groups is 2. The van der Waals surface area contributed by atoms with E-state index in [9.17, 15) is 20.3 Å². The predicted molar refractivity (Wildman–Crippen MR) is 82.7 cm³/mol. The average Bonchev–Trinajstić information content (AvgIpc) is 2.45. The first-order valence-corrected chi connectivity index (χ1v) is 7.76. The molecule has 0 aliphatic carbocycles. The zero-order valence-electron chi connectivity index (χ0n) is 12.7. The third-order valence-corrected chi connectivity index (χ3v) is 3.70. The number of nitro groups is 1. The first kappa shape index (κ1) is 17.3. The Morgan fingerprint density at radius 2 is 1.57 bits per heavy atom. The molecule has 0 aromatic heterocycles. The lowest BCUT2D eigenvalue weighted by Gasteiger charge is -2.06. The molecule has 0 atom stereocenters. The summed E-state index contributed by atoms with van der Waals surface area (Å²) in [7, 11) is 0. The van der Waals surface area contributed by atoms with Crippen LogP contribution in [0.4, 0.5) is 5.69 Å². The fourth-order valence-corrected chi connectivity index (χ4v) is 2.47. The van der Waals surface area contributed by atoms with Crippen molar-refractivity contribution >= 4 is 5.69 Å². The third kappa shape index (κ3) is 5.61. The van der Waals surface area contributed by atoms with Crippen LogP contribution in [0.1, 0.15) is 63.9 Å². The van der Waals surface area contributed by atoms with Crippen LogP contribution < -0.4 is 0 Å². The quantitative estimate of drug-likeness (QED) is 0.284. The standard InChI is InChI=1S/C16H25NO4/c1-2-3-4-5-6-7-8-9-10-13-11-12-14(18)16(19)15(13)17(20)21/h11-12,18-19H,2-10H2,1H3. The van der Waals surface area contributed by atoms with Crippen molar-refractivity contribution in [2.75, 3.05) is 0 Å². The van der Waals surface area contributed by atoms with Crippen molar-refractivity contribution in [3.8, 4) is 11.5 Å². The van der Waals surface area contributed by atoms with E-state index in [2.05, 4.69) is 6.92 Å². The largest absolute Gasteiger partial charge is 0.504 e. The SMILES string of the molecule is CCCCCCCCCCc1ccc(O)c(O)c1[N+](=O)[O-]. The van der Waals surface area contributed by atoms with Crippen LogP contribution in [-0.2, 0) is 6.42 Å². The molecule has 0 saturated heterocycles. The van der Waals surface area contributed by atoms with Gasteiger partial charge in [0, 0.05) is 5.56 Å². The average molecular weight is 295 g/mol. The molecule has 0 aliphatic rings. The summed E-state index contributed by atoms with van der Waals surface area (Å²) < 4.78 is 0. The lowest BCUT2D eigenvalue weighted by Crippen LogP contribution is -1.96. The van der Waals surface area contributed by atoms with Crippen LogP contribution in [0.15, 0.2) is 12.1 Å². The van der Waals surface area contributed by atoms with Gasteiger partial charge in [0.25, 0.3) is 0 Å². The number of nitro benzene ring substituents is 1. The van der Waals surface area contributed by atoms with E-state index in [1.807, 2.05) is 0 Å². The Morgan fingerprint density at radius 3 is 2.14 bits per heavy atom. The first-order chi connectivity index (χ1) is 10.1.